The Balaban J connectivity index is 2.12. The minimum Gasteiger partial charge on any atom is -0.316 e. The van der Waals surface area contributed by atoms with Gasteiger partial charge in [0, 0.05) is 12.6 Å². The molecule has 0 saturated carbocycles. The first-order valence-electron chi connectivity index (χ1n) is 5.33. The highest BCUT2D eigenvalue weighted by Gasteiger charge is 2.14. The average Bonchev–Trinajstić information content (AvgIpc) is 2.25. The van der Waals surface area contributed by atoms with Gasteiger partial charge in [0.15, 0.2) is 0 Å². The van der Waals surface area contributed by atoms with Crippen LogP contribution in [0.25, 0.3) is 0 Å². The molecule has 82 valence electrons. The van der Waals surface area contributed by atoms with Gasteiger partial charge in [0.1, 0.15) is 0 Å². The summed E-state index contributed by atoms with van der Waals surface area (Å²) in [6.07, 6.45) is 2.42. The second kappa shape index (κ2) is 4.94. The first kappa shape index (κ1) is 10.9. The number of nitrogens with one attached hydrogen (secondary N) is 1. The Kier molecular flexibility index (Phi) is 3.59. The summed E-state index contributed by atoms with van der Waals surface area (Å²) in [7, 11) is 0. The fourth-order valence-electron chi connectivity index (χ4n) is 2.01. The maximum absolute atomic E-state index is 11.6. The van der Waals surface area contributed by atoms with E-state index in [1.807, 2.05) is 6.07 Å². The molecular formula is C11H15BrN2O. The molecule has 1 atom stereocenters. The van der Waals surface area contributed by atoms with Crippen molar-refractivity contribution in [3.63, 3.8) is 0 Å². The van der Waals surface area contributed by atoms with Crippen molar-refractivity contribution in [2.75, 3.05) is 13.1 Å². The molecule has 0 radical (unpaired) electrons. The summed E-state index contributed by atoms with van der Waals surface area (Å²) in [4.78, 5) is 11.6. The summed E-state index contributed by atoms with van der Waals surface area (Å²) in [6.45, 7) is 2.95. The van der Waals surface area contributed by atoms with Crippen molar-refractivity contribution in [2.45, 2.75) is 19.4 Å². The van der Waals surface area contributed by atoms with Crippen LogP contribution in [0.3, 0.4) is 0 Å². The number of halogens is 1. The summed E-state index contributed by atoms with van der Waals surface area (Å²) in [6, 6.07) is 5.31. The zero-order valence-corrected chi connectivity index (χ0v) is 10.2. The van der Waals surface area contributed by atoms with Crippen molar-refractivity contribution in [2.24, 2.45) is 5.92 Å². The lowest BCUT2D eigenvalue weighted by atomic mass is 10.00. The van der Waals surface area contributed by atoms with Crippen LogP contribution < -0.4 is 10.9 Å². The zero-order valence-electron chi connectivity index (χ0n) is 8.58. The van der Waals surface area contributed by atoms with Crippen LogP contribution in [0.4, 0.5) is 0 Å². The number of pyridine rings is 1. The van der Waals surface area contributed by atoms with Gasteiger partial charge in [-0.2, -0.15) is 0 Å². The fraction of sp³-hybridized carbons (Fsp3) is 0.545. The molecule has 0 bridgehead atoms. The zero-order chi connectivity index (χ0) is 10.7. The summed E-state index contributed by atoms with van der Waals surface area (Å²) in [5.74, 6) is 0.579. The first-order valence-corrected chi connectivity index (χ1v) is 6.13. The Morgan fingerprint density at radius 1 is 1.53 bits per heavy atom. The second-order valence-corrected chi connectivity index (χ2v) is 4.82. The standard InChI is InChI=1S/C11H15BrN2O/c12-10-4-1-5-11(15)14(10)8-9-3-2-6-13-7-9/h1,4-5,9,13H,2-3,6-8H2. The predicted molar refractivity (Wildman–Crippen MR) is 64.0 cm³/mol. The van der Waals surface area contributed by atoms with E-state index in [9.17, 15) is 4.79 Å². The molecule has 1 unspecified atom stereocenters. The Bertz CT molecular complexity index is 382. The van der Waals surface area contributed by atoms with Gasteiger partial charge in [0.2, 0.25) is 0 Å². The second-order valence-electron chi connectivity index (χ2n) is 4.01. The highest BCUT2D eigenvalue weighted by Crippen LogP contribution is 2.14. The molecule has 1 aromatic rings. The number of rotatable bonds is 2. The van der Waals surface area contributed by atoms with Crippen molar-refractivity contribution >= 4 is 15.9 Å². The number of aromatic nitrogens is 1. The highest BCUT2D eigenvalue weighted by atomic mass is 79.9. The normalized spacial score (nSPS) is 21.5. The predicted octanol–water partition coefficient (Wildman–Crippen LogP) is 1.61. The van der Waals surface area contributed by atoms with E-state index in [1.54, 1.807) is 16.7 Å². The smallest absolute Gasteiger partial charge is 0.251 e. The number of nitrogens with zero attached hydrogens (tertiary/aromatic N) is 1. The lowest BCUT2D eigenvalue weighted by Crippen LogP contribution is -2.34. The van der Waals surface area contributed by atoms with Crippen molar-refractivity contribution in [1.29, 1.82) is 0 Å². The fourth-order valence-corrected chi connectivity index (χ4v) is 2.48. The Hall–Kier alpha value is -0.610. The molecule has 1 aromatic heterocycles. The molecule has 15 heavy (non-hydrogen) atoms. The van der Waals surface area contributed by atoms with Crippen molar-refractivity contribution in [3.8, 4) is 0 Å². The van der Waals surface area contributed by atoms with Gasteiger partial charge in [0.05, 0.1) is 4.60 Å². The first-order chi connectivity index (χ1) is 7.27. The van der Waals surface area contributed by atoms with Crippen molar-refractivity contribution < 1.29 is 0 Å². The molecule has 1 aliphatic heterocycles. The average molecular weight is 271 g/mol. The third kappa shape index (κ3) is 2.69. The van der Waals surface area contributed by atoms with E-state index in [0.717, 1.165) is 24.2 Å². The molecule has 2 heterocycles. The van der Waals surface area contributed by atoms with E-state index in [2.05, 4.69) is 21.2 Å². The Morgan fingerprint density at radius 3 is 3.07 bits per heavy atom. The Morgan fingerprint density at radius 2 is 2.40 bits per heavy atom. The van der Waals surface area contributed by atoms with E-state index in [1.165, 1.54) is 12.8 Å². The number of hydrogen-bond donors (Lipinski definition) is 1. The van der Waals surface area contributed by atoms with E-state index in [-0.39, 0.29) is 5.56 Å². The number of piperidine rings is 1. The quantitative estimate of drug-likeness (QED) is 0.829. The third-order valence-corrected chi connectivity index (χ3v) is 3.53. The van der Waals surface area contributed by atoms with Gasteiger partial charge in [-0.1, -0.05) is 6.07 Å². The van der Waals surface area contributed by atoms with Crippen LogP contribution in [0.5, 0.6) is 0 Å². The van der Waals surface area contributed by atoms with Gasteiger partial charge in [-0.25, -0.2) is 0 Å². The number of hydrogen-bond acceptors (Lipinski definition) is 2. The van der Waals surface area contributed by atoms with Gasteiger partial charge < -0.3 is 9.88 Å². The minimum atomic E-state index is 0.0787. The molecule has 1 aliphatic rings. The van der Waals surface area contributed by atoms with Crippen molar-refractivity contribution in [3.05, 3.63) is 33.2 Å². The van der Waals surface area contributed by atoms with Crippen LogP contribution >= 0.6 is 15.9 Å². The maximum Gasteiger partial charge on any atom is 0.251 e. The van der Waals surface area contributed by atoms with E-state index >= 15 is 0 Å². The third-order valence-electron chi connectivity index (χ3n) is 2.84. The molecule has 2 rings (SSSR count). The summed E-state index contributed by atoms with van der Waals surface area (Å²) in [5, 5.41) is 3.36. The lowest BCUT2D eigenvalue weighted by molar-refractivity contribution is 0.332. The van der Waals surface area contributed by atoms with Crippen LogP contribution in [0.2, 0.25) is 0 Å². The monoisotopic (exact) mass is 270 g/mol. The molecule has 0 aliphatic carbocycles. The van der Waals surface area contributed by atoms with Gasteiger partial charge in [-0.3, -0.25) is 4.79 Å². The van der Waals surface area contributed by atoms with E-state index in [0.29, 0.717) is 5.92 Å². The van der Waals surface area contributed by atoms with Gasteiger partial charge >= 0.3 is 0 Å². The molecule has 0 spiro atoms. The van der Waals surface area contributed by atoms with Crippen LogP contribution in [0.1, 0.15) is 12.8 Å². The maximum atomic E-state index is 11.6. The topological polar surface area (TPSA) is 34.0 Å². The molecule has 3 nitrogen and oxygen atoms in total. The van der Waals surface area contributed by atoms with Crippen LogP contribution in [0, 0.1) is 5.92 Å². The van der Waals surface area contributed by atoms with E-state index < -0.39 is 0 Å². The van der Waals surface area contributed by atoms with Crippen LogP contribution in [-0.2, 0) is 6.54 Å². The summed E-state index contributed by atoms with van der Waals surface area (Å²) < 4.78 is 2.68. The molecule has 0 amide bonds. The molecule has 1 fully saturated rings. The molecule has 1 N–H and O–H groups in total. The van der Waals surface area contributed by atoms with Gasteiger partial charge in [0.25, 0.3) is 5.56 Å². The molecule has 1 saturated heterocycles. The molecule has 0 aromatic carbocycles. The minimum absolute atomic E-state index is 0.0787. The molecule has 4 heteroatoms. The highest BCUT2D eigenvalue weighted by molar-refractivity contribution is 9.10. The van der Waals surface area contributed by atoms with Crippen LogP contribution in [0.15, 0.2) is 27.6 Å². The van der Waals surface area contributed by atoms with E-state index in [4.69, 9.17) is 0 Å². The van der Waals surface area contributed by atoms with Gasteiger partial charge in [-0.05, 0) is 53.8 Å². The van der Waals surface area contributed by atoms with Gasteiger partial charge in [-0.15, -0.1) is 0 Å². The van der Waals surface area contributed by atoms with Crippen molar-refractivity contribution in [1.82, 2.24) is 9.88 Å². The lowest BCUT2D eigenvalue weighted by Gasteiger charge is -2.23. The summed E-state index contributed by atoms with van der Waals surface area (Å²) >= 11 is 3.42. The largest absolute Gasteiger partial charge is 0.316 e. The molecular weight excluding hydrogens is 256 g/mol. The summed E-state index contributed by atoms with van der Waals surface area (Å²) in [5.41, 5.74) is 0.0787. The Labute approximate surface area is 97.6 Å². The van der Waals surface area contributed by atoms with Crippen LogP contribution in [-0.4, -0.2) is 17.7 Å². The SMILES string of the molecule is O=c1cccc(Br)n1CC1CCCNC1.